The van der Waals surface area contributed by atoms with Gasteiger partial charge in [-0.2, -0.15) is 15.1 Å². The average Bonchev–Trinajstić information content (AvgIpc) is 3.58. The molecule has 2 aliphatic rings. The van der Waals surface area contributed by atoms with Gasteiger partial charge in [0, 0.05) is 28.2 Å². The Hall–Kier alpha value is -4.89. The van der Waals surface area contributed by atoms with Crippen molar-refractivity contribution in [3.63, 3.8) is 0 Å². The van der Waals surface area contributed by atoms with Crippen LogP contribution < -0.4 is 9.47 Å². The third kappa shape index (κ3) is 5.26. The van der Waals surface area contributed by atoms with Crippen LogP contribution in [0.15, 0.2) is 101 Å². The average molecular weight is 576 g/mol. The van der Waals surface area contributed by atoms with Crippen molar-refractivity contribution in [1.29, 1.82) is 5.41 Å². The molecule has 0 saturated heterocycles. The lowest BCUT2D eigenvalue weighted by Crippen LogP contribution is -2.35. The highest BCUT2D eigenvalue weighted by Gasteiger charge is 2.36. The molecule has 0 unspecified atom stereocenters. The number of thioether (sulfide) groups is 1. The molecule has 6 rings (SSSR count). The normalized spacial score (nSPS) is 15.6. The SMILES string of the molecule is C=CCc1ccc(OCCn2cc(/C=C3/C(=N)N4N=C(c5ccc(C)cc5)SC4=NC3=O)c3ccccc32)c(OC)c1. The summed E-state index contributed by atoms with van der Waals surface area (Å²) in [5, 5.41) is 16.9. The molecular formula is C33H29N5O3S. The van der Waals surface area contributed by atoms with E-state index in [-0.39, 0.29) is 11.4 Å². The van der Waals surface area contributed by atoms with Crippen LogP contribution in [0.25, 0.3) is 17.0 Å². The summed E-state index contributed by atoms with van der Waals surface area (Å²) in [6.07, 6.45) is 6.32. The lowest BCUT2D eigenvalue weighted by Gasteiger charge is -2.20. The summed E-state index contributed by atoms with van der Waals surface area (Å²) in [6, 6.07) is 21.8. The van der Waals surface area contributed by atoms with Crippen LogP contribution in [0.5, 0.6) is 11.5 Å². The van der Waals surface area contributed by atoms with Crippen LogP contribution in [0.3, 0.4) is 0 Å². The second-order valence-electron chi connectivity index (χ2n) is 9.91. The van der Waals surface area contributed by atoms with Crippen molar-refractivity contribution in [2.24, 2.45) is 10.1 Å². The summed E-state index contributed by atoms with van der Waals surface area (Å²) in [4.78, 5) is 17.4. The van der Waals surface area contributed by atoms with Gasteiger partial charge in [-0.25, -0.2) is 0 Å². The molecule has 0 atom stereocenters. The number of aromatic nitrogens is 1. The molecule has 42 heavy (non-hydrogen) atoms. The van der Waals surface area contributed by atoms with Gasteiger partial charge >= 0.3 is 0 Å². The zero-order valence-electron chi connectivity index (χ0n) is 23.3. The van der Waals surface area contributed by atoms with Crippen molar-refractivity contribution in [2.75, 3.05) is 13.7 Å². The second-order valence-corrected chi connectivity index (χ2v) is 10.9. The highest BCUT2D eigenvalue weighted by Crippen LogP contribution is 2.33. The number of carbonyl (C=O) groups excluding carboxylic acids is 1. The molecule has 1 N–H and O–H groups in total. The Labute approximate surface area is 248 Å². The Morgan fingerprint density at radius 1 is 1.07 bits per heavy atom. The van der Waals surface area contributed by atoms with Crippen LogP contribution in [0.1, 0.15) is 22.3 Å². The molecule has 4 aromatic rings. The van der Waals surface area contributed by atoms with Crippen molar-refractivity contribution < 1.29 is 14.3 Å². The fourth-order valence-corrected chi connectivity index (χ4v) is 5.81. The standard InChI is InChI=1S/C33H29N5O3S/c1-4-7-22-12-15-28(29(18-22)40-3)41-17-16-37-20-24(25-8-5-6-9-27(25)37)19-26-30(34)38-33(35-31(26)39)42-32(36-38)23-13-10-21(2)11-14-23/h4-6,8-15,18-20,34H,1,7,16-17H2,2-3H3/b26-19-,34-30?. The number of allylic oxidation sites excluding steroid dienone is 1. The van der Waals surface area contributed by atoms with E-state index in [9.17, 15) is 4.79 Å². The number of para-hydroxylation sites is 1. The number of fused-ring (bicyclic) bond motifs is 2. The first-order valence-corrected chi connectivity index (χ1v) is 14.3. The molecular weight excluding hydrogens is 546 g/mol. The van der Waals surface area contributed by atoms with Gasteiger partial charge in [-0.05, 0) is 54.9 Å². The second kappa shape index (κ2) is 11.5. The number of hydrogen-bond acceptors (Lipinski definition) is 6. The molecule has 0 radical (unpaired) electrons. The van der Waals surface area contributed by atoms with Gasteiger partial charge in [-0.15, -0.1) is 6.58 Å². The molecule has 3 aromatic carbocycles. The maximum absolute atomic E-state index is 13.1. The molecule has 0 fully saturated rings. The maximum Gasteiger partial charge on any atom is 0.283 e. The van der Waals surface area contributed by atoms with E-state index in [2.05, 4.69) is 21.2 Å². The maximum atomic E-state index is 13.1. The number of benzene rings is 3. The molecule has 1 aromatic heterocycles. The minimum atomic E-state index is -0.453. The first kappa shape index (κ1) is 27.3. The highest BCUT2D eigenvalue weighted by atomic mass is 32.2. The van der Waals surface area contributed by atoms with Gasteiger partial charge in [0.15, 0.2) is 17.3 Å². The molecule has 0 spiro atoms. The van der Waals surface area contributed by atoms with E-state index in [1.54, 1.807) is 13.2 Å². The van der Waals surface area contributed by atoms with Gasteiger partial charge in [0.1, 0.15) is 11.7 Å². The van der Waals surface area contributed by atoms with Crippen molar-refractivity contribution in [3.8, 4) is 11.5 Å². The third-order valence-corrected chi connectivity index (χ3v) is 8.03. The lowest BCUT2D eigenvalue weighted by atomic mass is 10.1. The van der Waals surface area contributed by atoms with Crippen LogP contribution in [0.4, 0.5) is 0 Å². The zero-order valence-corrected chi connectivity index (χ0v) is 24.1. The third-order valence-electron chi connectivity index (χ3n) is 7.07. The quantitative estimate of drug-likeness (QED) is 0.183. The van der Waals surface area contributed by atoms with Crippen LogP contribution in [-0.2, 0) is 17.8 Å². The number of hydrazone groups is 1. The number of nitrogens with one attached hydrogen (secondary N) is 1. The van der Waals surface area contributed by atoms with Gasteiger partial charge in [0.25, 0.3) is 5.91 Å². The molecule has 8 nitrogen and oxygen atoms in total. The van der Waals surface area contributed by atoms with Crippen LogP contribution in [0.2, 0.25) is 0 Å². The number of hydrogen-bond donors (Lipinski definition) is 1. The molecule has 0 aliphatic carbocycles. The Bertz CT molecular complexity index is 1820. The number of rotatable bonds is 9. The van der Waals surface area contributed by atoms with Crippen molar-refractivity contribution >= 4 is 50.7 Å². The molecule has 0 saturated carbocycles. The predicted molar refractivity (Wildman–Crippen MR) is 170 cm³/mol. The topological polar surface area (TPSA) is 92.3 Å². The number of carbonyl (C=O) groups is 1. The van der Waals surface area contributed by atoms with Crippen molar-refractivity contribution in [3.05, 3.63) is 113 Å². The van der Waals surface area contributed by atoms with Gasteiger partial charge in [-0.1, -0.05) is 60.2 Å². The Morgan fingerprint density at radius 2 is 1.88 bits per heavy atom. The number of aryl methyl sites for hydroxylation is 1. The summed E-state index contributed by atoms with van der Waals surface area (Å²) in [5.41, 5.74) is 5.18. The number of ether oxygens (including phenoxy) is 2. The minimum absolute atomic E-state index is 0.00627. The summed E-state index contributed by atoms with van der Waals surface area (Å²) in [6.45, 7) is 6.80. The molecule has 2 aliphatic heterocycles. The minimum Gasteiger partial charge on any atom is -0.493 e. The monoisotopic (exact) mass is 575 g/mol. The molecule has 3 heterocycles. The van der Waals surface area contributed by atoms with Crippen LogP contribution in [0, 0.1) is 12.3 Å². The Morgan fingerprint density at radius 3 is 2.67 bits per heavy atom. The summed E-state index contributed by atoms with van der Waals surface area (Å²) < 4.78 is 13.7. The molecule has 0 bridgehead atoms. The van der Waals surface area contributed by atoms with E-state index in [1.807, 2.05) is 85.9 Å². The van der Waals surface area contributed by atoms with Gasteiger partial charge in [0.05, 0.1) is 19.2 Å². The first-order chi connectivity index (χ1) is 20.4. The fourth-order valence-electron chi connectivity index (χ4n) is 4.91. The van der Waals surface area contributed by atoms with Gasteiger partial charge in [-0.3, -0.25) is 10.2 Å². The van der Waals surface area contributed by atoms with E-state index in [1.165, 1.54) is 16.8 Å². The Kier molecular flexibility index (Phi) is 7.50. The first-order valence-electron chi connectivity index (χ1n) is 13.5. The number of amides is 1. The van der Waals surface area contributed by atoms with Gasteiger partial charge in [0.2, 0.25) is 5.17 Å². The largest absolute Gasteiger partial charge is 0.493 e. The van der Waals surface area contributed by atoms with E-state index >= 15 is 0 Å². The smallest absolute Gasteiger partial charge is 0.283 e. The van der Waals surface area contributed by atoms with Gasteiger partial charge < -0.3 is 14.0 Å². The summed E-state index contributed by atoms with van der Waals surface area (Å²) >= 11 is 1.29. The molecule has 9 heteroatoms. The predicted octanol–water partition coefficient (Wildman–Crippen LogP) is 6.43. The highest BCUT2D eigenvalue weighted by molar-refractivity contribution is 8.27. The molecule has 1 amide bonds. The van der Waals surface area contributed by atoms with E-state index in [0.717, 1.165) is 39.6 Å². The number of nitrogens with zero attached hydrogens (tertiary/aromatic N) is 4. The van der Waals surface area contributed by atoms with Crippen molar-refractivity contribution in [1.82, 2.24) is 9.58 Å². The van der Waals surface area contributed by atoms with E-state index < -0.39 is 5.91 Å². The van der Waals surface area contributed by atoms with Crippen molar-refractivity contribution in [2.45, 2.75) is 19.9 Å². The number of amidine groups is 2. The lowest BCUT2D eigenvalue weighted by molar-refractivity contribution is -0.114. The zero-order chi connectivity index (χ0) is 29.2. The van der Waals surface area contributed by atoms with E-state index in [0.29, 0.717) is 34.9 Å². The van der Waals surface area contributed by atoms with E-state index in [4.69, 9.17) is 14.9 Å². The fraction of sp³-hybridized carbons (Fsp3) is 0.152. The molecule has 210 valence electrons. The number of aliphatic imine (C=N–C) groups is 1. The van der Waals surface area contributed by atoms with Crippen LogP contribution >= 0.6 is 11.8 Å². The van der Waals surface area contributed by atoms with Crippen LogP contribution in [-0.4, -0.2) is 45.2 Å². The summed E-state index contributed by atoms with van der Waals surface area (Å²) in [7, 11) is 1.63. The summed E-state index contributed by atoms with van der Waals surface area (Å²) in [5.74, 6) is 0.908. The Balaban J connectivity index is 1.24. The number of methoxy groups -OCH3 is 1.